The molecule has 2 fully saturated rings. The van der Waals surface area contributed by atoms with E-state index in [0.29, 0.717) is 6.04 Å². The molecule has 3 heteroatoms. The highest BCUT2D eigenvalue weighted by Crippen LogP contribution is 2.31. The third kappa shape index (κ3) is 4.30. The van der Waals surface area contributed by atoms with Gasteiger partial charge < -0.3 is 10.2 Å². The van der Waals surface area contributed by atoms with E-state index < -0.39 is 0 Å². The summed E-state index contributed by atoms with van der Waals surface area (Å²) in [6.45, 7) is 7.47. The molecule has 2 rings (SSSR count). The predicted molar refractivity (Wildman–Crippen MR) is 69.8 cm³/mol. The van der Waals surface area contributed by atoms with Gasteiger partial charge in [0, 0.05) is 32.6 Å². The van der Waals surface area contributed by atoms with E-state index in [4.69, 9.17) is 0 Å². The average molecular weight is 238 g/mol. The maximum Gasteiger partial charge on any atom is 0.217 e. The van der Waals surface area contributed by atoms with Gasteiger partial charge in [-0.05, 0) is 37.5 Å². The van der Waals surface area contributed by atoms with Crippen molar-refractivity contribution in [2.75, 3.05) is 19.6 Å². The van der Waals surface area contributed by atoms with Crippen LogP contribution in [0, 0.1) is 11.8 Å². The van der Waals surface area contributed by atoms with Crippen LogP contribution in [0.4, 0.5) is 0 Å². The number of likely N-dealkylation sites (tertiary alicyclic amines) is 1. The standard InChI is InChI=1S/C14H26N2O/c1-3-4-13-7-14(15-11(2)17)10-16(9-13)8-12-5-6-12/h12-14H,3-10H2,1-2H3,(H,15,17). The van der Waals surface area contributed by atoms with E-state index in [1.807, 2.05) is 0 Å². The van der Waals surface area contributed by atoms with Crippen LogP contribution in [0.5, 0.6) is 0 Å². The van der Waals surface area contributed by atoms with Crippen LogP contribution in [0.15, 0.2) is 0 Å². The summed E-state index contributed by atoms with van der Waals surface area (Å²) in [6, 6.07) is 0.386. The van der Waals surface area contributed by atoms with Crippen molar-refractivity contribution < 1.29 is 4.79 Å². The van der Waals surface area contributed by atoms with Gasteiger partial charge >= 0.3 is 0 Å². The number of piperidine rings is 1. The van der Waals surface area contributed by atoms with E-state index in [-0.39, 0.29) is 5.91 Å². The van der Waals surface area contributed by atoms with Crippen molar-refractivity contribution in [3.05, 3.63) is 0 Å². The molecule has 1 N–H and O–H groups in total. The first-order valence-electron chi connectivity index (χ1n) is 7.16. The summed E-state index contributed by atoms with van der Waals surface area (Å²) in [5, 5.41) is 3.11. The number of rotatable bonds is 5. The van der Waals surface area contributed by atoms with E-state index >= 15 is 0 Å². The molecule has 0 aromatic carbocycles. The summed E-state index contributed by atoms with van der Waals surface area (Å²) in [7, 11) is 0. The smallest absolute Gasteiger partial charge is 0.217 e. The monoisotopic (exact) mass is 238 g/mol. The Hall–Kier alpha value is -0.570. The Morgan fingerprint density at radius 2 is 2.06 bits per heavy atom. The predicted octanol–water partition coefficient (Wildman–Crippen LogP) is 2.02. The van der Waals surface area contributed by atoms with Crippen molar-refractivity contribution in [2.45, 2.75) is 52.0 Å². The van der Waals surface area contributed by atoms with E-state index in [0.717, 1.165) is 18.4 Å². The number of hydrogen-bond acceptors (Lipinski definition) is 2. The topological polar surface area (TPSA) is 32.3 Å². The maximum atomic E-state index is 11.2. The molecule has 2 aliphatic rings. The van der Waals surface area contributed by atoms with Crippen molar-refractivity contribution in [3.8, 4) is 0 Å². The number of carbonyl (C=O) groups is 1. The highest BCUT2D eigenvalue weighted by Gasteiger charge is 2.31. The summed E-state index contributed by atoms with van der Waals surface area (Å²) in [6.07, 6.45) is 6.57. The van der Waals surface area contributed by atoms with Crippen LogP contribution in [0.25, 0.3) is 0 Å². The van der Waals surface area contributed by atoms with Crippen molar-refractivity contribution >= 4 is 5.91 Å². The Bertz CT molecular complexity index is 263. The van der Waals surface area contributed by atoms with Gasteiger partial charge in [0.1, 0.15) is 0 Å². The summed E-state index contributed by atoms with van der Waals surface area (Å²) in [5.74, 6) is 1.86. The first-order chi connectivity index (χ1) is 8.17. The molecule has 0 bridgehead atoms. The van der Waals surface area contributed by atoms with Crippen LogP contribution < -0.4 is 5.32 Å². The summed E-state index contributed by atoms with van der Waals surface area (Å²) >= 11 is 0. The molecule has 2 atom stereocenters. The quantitative estimate of drug-likeness (QED) is 0.795. The Balaban J connectivity index is 1.85. The lowest BCUT2D eigenvalue weighted by molar-refractivity contribution is -0.120. The van der Waals surface area contributed by atoms with Crippen molar-refractivity contribution in [2.24, 2.45) is 11.8 Å². The molecule has 0 spiro atoms. The Morgan fingerprint density at radius 1 is 1.29 bits per heavy atom. The molecule has 0 radical (unpaired) electrons. The van der Waals surface area contributed by atoms with Crippen LogP contribution in [0.1, 0.15) is 46.0 Å². The second-order valence-electron chi connectivity index (χ2n) is 5.95. The first-order valence-corrected chi connectivity index (χ1v) is 7.16. The van der Waals surface area contributed by atoms with Gasteiger partial charge in [0.2, 0.25) is 5.91 Å². The minimum Gasteiger partial charge on any atom is -0.352 e. The molecule has 98 valence electrons. The lowest BCUT2D eigenvalue weighted by Crippen LogP contribution is -2.50. The zero-order valence-electron chi connectivity index (χ0n) is 11.2. The Labute approximate surface area is 105 Å². The van der Waals surface area contributed by atoms with Crippen LogP contribution in [0.2, 0.25) is 0 Å². The highest BCUT2D eigenvalue weighted by atomic mass is 16.1. The Morgan fingerprint density at radius 3 is 2.65 bits per heavy atom. The SMILES string of the molecule is CCCC1CC(NC(C)=O)CN(CC2CC2)C1. The number of nitrogens with one attached hydrogen (secondary N) is 1. The zero-order valence-corrected chi connectivity index (χ0v) is 11.2. The van der Waals surface area contributed by atoms with Gasteiger partial charge in [-0.1, -0.05) is 13.3 Å². The molecule has 1 saturated heterocycles. The van der Waals surface area contributed by atoms with Crippen LogP contribution in [-0.4, -0.2) is 36.5 Å². The fourth-order valence-electron chi connectivity index (χ4n) is 3.13. The van der Waals surface area contributed by atoms with E-state index in [1.165, 1.54) is 45.2 Å². The lowest BCUT2D eigenvalue weighted by Gasteiger charge is -2.38. The van der Waals surface area contributed by atoms with Gasteiger partial charge in [-0.2, -0.15) is 0 Å². The molecule has 0 aromatic rings. The van der Waals surface area contributed by atoms with Gasteiger partial charge in [0.05, 0.1) is 0 Å². The molecule has 0 aromatic heterocycles. The number of carbonyl (C=O) groups excluding carboxylic acids is 1. The van der Waals surface area contributed by atoms with Gasteiger partial charge in [-0.15, -0.1) is 0 Å². The highest BCUT2D eigenvalue weighted by molar-refractivity contribution is 5.73. The lowest BCUT2D eigenvalue weighted by atomic mass is 9.90. The van der Waals surface area contributed by atoms with Crippen LogP contribution in [-0.2, 0) is 4.79 Å². The minimum absolute atomic E-state index is 0.124. The molecule has 1 amide bonds. The van der Waals surface area contributed by atoms with E-state index in [2.05, 4.69) is 17.1 Å². The number of nitrogens with zero attached hydrogens (tertiary/aromatic N) is 1. The molecular weight excluding hydrogens is 212 g/mol. The van der Waals surface area contributed by atoms with Crippen LogP contribution >= 0.6 is 0 Å². The third-order valence-electron chi connectivity index (χ3n) is 3.93. The Kier molecular flexibility index (Phi) is 4.43. The number of amides is 1. The van der Waals surface area contributed by atoms with E-state index in [1.54, 1.807) is 6.92 Å². The van der Waals surface area contributed by atoms with Crippen LogP contribution in [0.3, 0.4) is 0 Å². The first kappa shape index (κ1) is 12.9. The molecule has 1 heterocycles. The van der Waals surface area contributed by atoms with Gasteiger partial charge in [-0.25, -0.2) is 0 Å². The second kappa shape index (κ2) is 5.85. The van der Waals surface area contributed by atoms with E-state index in [9.17, 15) is 4.79 Å². The molecule has 1 saturated carbocycles. The third-order valence-corrected chi connectivity index (χ3v) is 3.93. The normalized spacial score (nSPS) is 30.2. The molecule has 17 heavy (non-hydrogen) atoms. The largest absolute Gasteiger partial charge is 0.352 e. The molecule has 1 aliphatic heterocycles. The molecular formula is C14H26N2O. The molecule has 3 nitrogen and oxygen atoms in total. The number of hydrogen-bond donors (Lipinski definition) is 1. The fourth-order valence-corrected chi connectivity index (χ4v) is 3.13. The molecule has 2 unspecified atom stereocenters. The van der Waals surface area contributed by atoms with Gasteiger partial charge in [0.15, 0.2) is 0 Å². The zero-order chi connectivity index (χ0) is 12.3. The average Bonchev–Trinajstić information content (AvgIpc) is 3.00. The van der Waals surface area contributed by atoms with Crippen molar-refractivity contribution in [1.82, 2.24) is 10.2 Å². The maximum absolute atomic E-state index is 11.2. The molecule has 1 aliphatic carbocycles. The van der Waals surface area contributed by atoms with Gasteiger partial charge in [-0.3, -0.25) is 4.79 Å². The summed E-state index contributed by atoms with van der Waals surface area (Å²) in [4.78, 5) is 13.8. The van der Waals surface area contributed by atoms with Gasteiger partial charge in [0.25, 0.3) is 0 Å². The minimum atomic E-state index is 0.124. The fraction of sp³-hybridized carbons (Fsp3) is 0.929. The van der Waals surface area contributed by atoms with Crippen molar-refractivity contribution in [3.63, 3.8) is 0 Å². The summed E-state index contributed by atoms with van der Waals surface area (Å²) < 4.78 is 0. The summed E-state index contributed by atoms with van der Waals surface area (Å²) in [5.41, 5.74) is 0. The second-order valence-corrected chi connectivity index (χ2v) is 5.95. The van der Waals surface area contributed by atoms with Crippen molar-refractivity contribution in [1.29, 1.82) is 0 Å².